The van der Waals surface area contributed by atoms with Crippen molar-refractivity contribution in [3.63, 3.8) is 0 Å². The fraction of sp³-hybridized carbons (Fsp3) is 0.0476. The minimum Gasteiger partial charge on any atom is -0.376 e. The van der Waals surface area contributed by atoms with Crippen molar-refractivity contribution in [1.29, 1.82) is 0 Å². The van der Waals surface area contributed by atoms with Crippen LogP contribution in [0.1, 0.15) is 16.7 Å². The van der Waals surface area contributed by atoms with Crippen LogP contribution in [0.3, 0.4) is 0 Å². The van der Waals surface area contributed by atoms with E-state index in [0.717, 1.165) is 33.4 Å². The van der Waals surface area contributed by atoms with Gasteiger partial charge in [0, 0.05) is 66.3 Å². The molecule has 0 saturated carbocycles. The quantitative estimate of drug-likeness (QED) is 0.608. The Morgan fingerprint density at radius 2 is 0.962 bits per heavy atom. The Morgan fingerprint density at radius 3 is 1.50 bits per heavy atom. The summed E-state index contributed by atoms with van der Waals surface area (Å²) in [6.07, 6.45) is 13.8. The number of hydrogen-bond acceptors (Lipinski definition) is 5. The number of pyridine rings is 4. The summed E-state index contributed by atoms with van der Waals surface area (Å²) in [6, 6.07) is 9.60. The van der Waals surface area contributed by atoms with Crippen LogP contribution in [-0.4, -0.2) is 25.0 Å². The van der Waals surface area contributed by atoms with E-state index in [-0.39, 0.29) is 0 Å². The monoisotopic (exact) mass is 338 g/mol. The van der Waals surface area contributed by atoms with Gasteiger partial charge < -0.3 is 5.11 Å². The van der Waals surface area contributed by atoms with Crippen LogP contribution in [0.15, 0.2) is 79.9 Å². The lowest BCUT2D eigenvalue weighted by Gasteiger charge is -2.27. The number of hydrogen-bond donors (Lipinski definition) is 1. The first-order chi connectivity index (χ1) is 12.8. The Morgan fingerprint density at radius 1 is 0.538 bits per heavy atom. The molecule has 5 rings (SSSR count). The zero-order valence-electron chi connectivity index (χ0n) is 13.7. The molecule has 0 aromatic carbocycles. The third-order valence-corrected chi connectivity index (χ3v) is 4.91. The molecule has 0 fully saturated rings. The molecule has 0 unspecified atom stereocenters. The van der Waals surface area contributed by atoms with E-state index in [1.54, 1.807) is 49.6 Å². The molecule has 0 bridgehead atoms. The highest BCUT2D eigenvalue weighted by molar-refractivity contribution is 5.83. The smallest absolute Gasteiger partial charge is 0.146 e. The lowest BCUT2D eigenvalue weighted by atomic mass is 9.82. The van der Waals surface area contributed by atoms with E-state index >= 15 is 0 Å². The topological polar surface area (TPSA) is 71.8 Å². The highest BCUT2D eigenvalue weighted by atomic mass is 16.3. The van der Waals surface area contributed by atoms with Crippen molar-refractivity contribution >= 4 is 0 Å². The third-order valence-electron chi connectivity index (χ3n) is 4.91. The van der Waals surface area contributed by atoms with Crippen LogP contribution in [-0.2, 0) is 5.60 Å². The van der Waals surface area contributed by atoms with Crippen LogP contribution < -0.4 is 0 Å². The molecule has 4 heterocycles. The summed E-state index contributed by atoms with van der Waals surface area (Å²) in [4.78, 5) is 16.9. The maximum Gasteiger partial charge on any atom is 0.146 e. The summed E-state index contributed by atoms with van der Waals surface area (Å²) in [7, 11) is 0. The minimum atomic E-state index is -1.36. The van der Waals surface area contributed by atoms with Gasteiger partial charge in [-0.2, -0.15) is 0 Å². The summed E-state index contributed by atoms with van der Waals surface area (Å²) in [5, 5.41) is 12.0. The normalized spacial score (nSPS) is 13.9. The third kappa shape index (κ3) is 1.95. The maximum atomic E-state index is 12.0. The number of rotatable bonds is 2. The summed E-state index contributed by atoms with van der Waals surface area (Å²) < 4.78 is 0. The van der Waals surface area contributed by atoms with Gasteiger partial charge in [-0.1, -0.05) is 0 Å². The highest BCUT2D eigenvalue weighted by Gasteiger charge is 2.45. The van der Waals surface area contributed by atoms with Crippen LogP contribution in [0.5, 0.6) is 0 Å². The first-order valence-electron chi connectivity index (χ1n) is 8.27. The molecular formula is C21H14N4O. The number of aliphatic hydroxyl groups is 1. The van der Waals surface area contributed by atoms with Crippen LogP contribution in [0.25, 0.3) is 22.3 Å². The predicted molar refractivity (Wildman–Crippen MR) is 97.0 cm³/mol. The largest absolute Gasteiger partial charge is 0.376 e. The molecule has 0 amide bonds. The Balaban J connectivity index is 1.85. The SMILES string of the molecule is OC1(c2cnccc2-c2ccncc2)c2cnccc2-c2ccncc21. The van der Waals surface area contributed by atoms with Gasteiger partial charge in [0.2, 0.25) is 0 Å². The highest BCUT2D eigenvalue weighted by Crippen LogP contribution is 2.51. The van der Waals surface area contributed by atoms with Gasteiger partial charge in [0.1, 0.15) is 5.60 Å². The van der Waals surface area contributed by atoms with Crippen LogP contribution in [0.2, 0.25) is 0 Å². The van der Waals surface area contributed by atoms with Gasteiger partial charge in [-0.25, -0.2) is 0 Å². The fourth-order valence-corrected chi connectivity index (χ4v) is 3.74. The van der Waals surface area contributed by atoms with Gasteiger partial charge in [-0.05, 0) is 52.6 Å². The Bertz CT molecular complexity index is 1070. The predicted octanol–water partition coefficient (Wildman–Crippen LogP) is 3.20. The summed E-state index contributed by atoms with van der Waals surface area (Å²) in [5.41, 5.74) is 4.61. The first-order valence-corrected chi connectivity index (χ1v) is 8.27. The average molecular weight is 338 g/mol. The van der Waals surface area contributed by atoms with Crippen LogP contribution in [0, 0.1) is 0 Å². The Labute approximate surface area is 150 Å². The van der Waals surface area contributed by atoms with Crippen molar-refractivity contribution in [3.05, 3.63) is 96.6 Å². The standard InChI is InChI=1S/C21H14N4O/c26-21(18-11-23-8-3-15(18)14-1-6-22-7-2-14)19-12-24-9-4-16(19)17-5-10-25-13-20(17)21/h1-13,26H. The first kappa shape index (κ1) is 14.9. The zero-order valence-corrected chi connectivity index (χ0v) is 13.7. The number of fused-ring (bicyclic) bond motifs is 3. The molecule has 0 aliphatic heterocycles. The van der Waals surface area contributed by atoms with E-state index in [9.17, 15) is 5.11 Å². The van der Waals surface area contributed by atoms with Gasteiger partial charge in [0.15, 0.2) is 0 Å². The molecule has 5 nitrogen and oxygen atoms in total. The molecule has 26 heavy (non-hydrogen) atoms. The van der Waals surface area contributed by atoms with E-state index < -0.39 is 5.60 Å². The molecule has 0 saturated heterocycles. The van der Waals surface area contributed by atoms with Crippen molar-refractivity contribution in [2.45, 2.75) is 5.60 Å². The van der Waals surface area contributed by atoms with Gasteiger partial charge in [0.25, 0.3) is 0 Å². The molecule has 1 N–H and O–H groups in total. The van der Waals surface area contributed by atoms with Crippen LogP contribution in [0.4, 0.5) is 0 Å². The van der Waals surface area contributed by atoms with E-state index in [1.165, 1.54) is 0 Å². The number of nitrogens with zero attached hydrogens (tertiary/aromatic N) is 4. The Hall–Kier alpha value is -3.44. The van der Waals surface area contributed by atoms with Gasteiger partial charge in [-0.3, -0.25) is 19.9 Å². The molecular weight excluding hydrogens is 324 g/mol. The number of aromatic nitrogens is 4. The maximum absolute atomic E-state index is 12.0. The molecule has 5 heteroatoms. The second-order valence-electron chi connectivity index (χ2n) is 6.21. The average Bonchev–Trinajstić information content (AvgIpc) is 2.99. The van der Waals surface area contributed by atoms with E-state index in [0.29, 0.717) is 5.56 Å². The summed E-state index contributed by atoms with van der Waals surface area (Å²) in [5.74, 6) is 0. The molecule has 4 aromatic heterocycles. The van der Waals surface area contributed by atoms with Crippen molar-refractivity contribution in [1.82, 2.24) is 19.9 Å². The molecule has 1 aliphatic rings. The molecule has 4 aromatic rings. The summed E-state index contributed by atoms with van der Waals surface area (Å²) in [6.45, 7) is 0. The van der Waals surface area contributed by atoms with E-state index in [4.69, 9.17) is 0 Å². The molecule has 124 valence electrons. The minimum absolute atomic E-state index is 0.701. The molecule has 0 radical (unpaired) electrons. The summed E-state index contributed by atoms with van der Waals surface area (Å²) >= 11 is 0. The molecule has 1 aliphatic carbocycles. The second-order valence-corrected chi connectivity index (χ2v) is 6.21. The lowest BCUT2D eigenvalue weighted by Crippen LogP contribution is -2.27. The van der Waals surface area contributed by atoms with Crippen LogP contribution >= 0.6 is 0 Å². The molecule has 0 spiro atoms. The fourth-order valence-electron chi connectivity index (χ4n) is 3.74. The van der Waals surface area contributed by atoms with Crippen molar-refractivity contribution in [2.75, 3.05) is 0 Å². The van der Waals surface area contributed by atoms with Gasteiger partial charge >= 0.3 is 0 Å². The molecule has 0 atom stereocenters. The van der Waals surface area contributed by atoms with Crippen molar-refractivity contribution < 1.29 is 5.11 Å². The van der Waals surface area contributed by atoms with E-state index in [2.05, 4.69) is 19.9 Å². The lowest BCUT2D eigenvalue weighted by molar-refractivity contribution is 0.130. The van der Waals surface area contributed by atoms with Crippen molar-refractivity contribution in [3.8, 4) is 22.3 Å². The van der Waals surface area contributed by atoms with Crippen molar-refractivity contribution in [2.24, 2.45) is 0 Å². The van der Waals surface area contributed by atoms with Gasteiger partial charge in [-0.15, -0.1) is 0 Å². The zero-order chi connectivity index (χ0) is 17.6. The second kappa shape index (κ2) is 5.54. The Kier molecular flexibility index (Phi) is 3.17. The van der Waals surface area contributed by atoms with E-state index in [1.807, 2.05) is 30.3 Å². The van der Waals surface area contributed by atoms with Gasteiger partial charge in [0.05, 0.1) is 0 Å².